The zero-order valence-electron chi connectivity index (χ0n) is 16.8. The molecule has 3 aromatic rings. The van der Waals surface area contributed by atoms with E-state index in [0.29, 0.717) is 11.3 Å². The number of amides is 1. The third-order valence-corrected chi connectivity index (χ3v) is 5.25. The van der Waals surface area contributed by atoms with Gasteiger partial charge in [-0.1, -0.05) is 5.16 Å². The molecule has 1 amide bonds. The molecule has 10 heteroatoms. The first kappa shape index (κ1) is 21.0. The lowest BCUT2D eigenvalue weighted by Crippen LogP contribution is -2.43. The van der Waals surface area contributed by atoms with Gasteiger partial charge in [-0.3, -0.25) is 4.79 Å². The highest BCUT2D eigenvalue weighted by Gasteiger charge is 2.31. The number of alkyl halides is 3. The van der Waals surface area contributed by atoms with Crippen molar-refractivity contribution in [1.29, 1.82) is 0 Å². The van der Waals surface area contributed by atoms with Crippen LogP contribution in [0.15, 0.2) is 47.1 Å². The van der Waals surface area contributed by atoms with E-state index in [0.717, 1.165) is 25.8 Å². The van der Waals surface area contributed by atoms with E-state index >= 15 is 0 Å². The van der Waals surface area contributed by atoms with Crippen LogP contribution in [-0.4, -0.2) is 44.5 Å². The number of ether oxygens (including phenoxy) is 1. The lowest BCUT2D eigenvalue weighted by Gasteiger charge is -2.33. The van der Waals surface area contributed by atoms with Crippen molar-refractivity contribution in [2.45, 2.75) is 45.1 Å². The van der Waals surface area contributed by atoms with Gasteiger partial charge in [-0.15, -0.1) is 13.2 Å². The van der Waals surface area contributed by atoms with Gasteiger partial charge >= 0.3 is 6.36 Å². The van der Waals surface area contributed by atoms with Crippen LogP contribution in [-0.2, 0) is 11.3 Å². The van der Waals surface area contributed by atoms with E-state index in [1.54, 1.807) is 22.9 Å². The molecule has 4 rings (SSSR count). The van der Waals surface area contributed by atoms with Crippen molar-refractivity contribution in [1.82, 2.24) is 19.6 Å². The van der Waals surface area contributed by atoms with Crippen molar-refractivity contribution in [2.24, 2.45) is 0 Å². The maximum absolute atomic E-state index is 12.8. The van der Waals surface area contributed by atoms with Gasteiger partial charge in [-0.05, 0) is 62.6 Å². The first-order chi connectivity index (χ1) is 14.8. The number of halogens is 3. The van der Waals surface area contributed by atoms with Gasteiger partial charge in [-0.2, -0.15) is 4.98 Å². The van der Waals surface area contributed by atoms with Gasteiger partial charge in [0.1, 0.15) is 18.0 Å². The number of hydrogen-bond donors (Lipinski definition) is 0. The fraction of sp³-hybridized carbons (Fsp3) is 0.381. The summed E-state index contributed by atoms with van der Waals surface area (Å²) in [7, 11) is 0. The van der Waals surface area contributed by atoms with Crippen molar-refractivity contribution in [3.63, 3.8) is 0 Å². The molecular formula is C21H21F3N4O3. The van der Waals surface area contributed by atoms with Crippen molar-refractivity contribution < 1.29 is 27.2 Å². The second-order valence-electron chi connectivity index (χ2n) is 7.45. The molecule has 0 aliphatic carbocycles. The topological polar surface area (TPSA) is 73.4 Å². The van der Waals surface area contributed by atoms with Crippen LogP contribution >= 0.6 is 0 Å². The number of carbonyl (C=O) groups is 1. The molecule has 1 aliphatic rings. The van der Waals surface area contributed by atoms with E-state index < -0.39 is 6.36 Å². The number of hydrogen-bond acceptors (Lipinski definition) is 5. The largest absolute Gasteiger partial charge is 0.573 e. The molecule has 2 aromatic heterocycles. The third-order valence-electron chi connectivity index (χ3n) is 5.25. The molecule has 0 radical (unpaired) electrons. The zero-order valence-corrected chi connectivity index (χ0v) is 16.8. The van der Waals surface area contributed by atoms with Crippen LogP contribution in [0.4, 0.5) is 13.2 Å². The van der Waals surface area contributed by atoms with Crippen molar-refractivity contribution in [3.05, 3.63) is 42.6 Å². The van der Waals surface area contributed by atoms with E-state index in [4.69, 9.17) is 4.52 Å². The van der Waals surface area contributed by atoms with Crippen molar-refractivity contribution in [2.75, 3.05) is 6.54 Å². The number of carbonyl (C=O) groups excluding carboxylic acids is 1. The van der Waals surface area contributed by atoms with E-state index in [1.807, 2.05) is 4.90 Å². The van der Waals surface area contributed by atoms with Crippen molar-refractivity contribution >= 4 is 5.91 Å². The van der Waals surface area contributed by atoms with Crippen LogP contribution in [0.3, 0.4) is 0 Å². The Morgan fingerprint density at radius 3 is 2.71 bits per heavy atom. The zero-order chi connectivity index (χ0) is 22.0. The van der Waals surface area contributed by atoms with Gasteiger partial charge in [-0.25, -0.2) is 0 Å². The highest BCUT2D eigenvalue weighted by molar-refractivity contribution is 5.77. The molecule has 1 fully saturated rings. The van der Waals surface area contributed by atoms with E-state index in [-0.39, 0.29) is 36.0 Å². The quantitative estimate of drug-likeness (QED) is 0.591. The maximum Gasteiger partial charge on any atom is 0.573 e. The molecule has 0 saturated carbocycles. The molecule has 7 nitrogen and oxygen atoms in total. The maximum atomic E-state index is 12.8. The first-order valence-electron chi connectivity index (χ1n) is 9.95. The van der Waals surface area contributed by atoms with Crippen LogP contribution in [0.25, 0.3) is 23.0 Å². The summed E-state index contributed by atoms with van der Waals surface area (Å²) >= 11 is 0. The predicted octanol–water partition coefficient (Wildman–Crippen LogP) is 4.50. The Bertz CT molecular complexity index is 1040. The Labute approximate surface area is 176 Å². The van der Waals surface area contributed by atoms with Crippen molar-refractivity contribution in [3.8, 4) is 28.7 Å². The summed E-state index contributed by atoms with van der Waals surface area (Å²) in [6, 6.07) is 8.96. The van der Waals surface area contributed by atoms with E-state index in [2.05, 4.69) is 21.8 Å². The SMILES string of the molecule is CC1CCCCN1C(=O)Cn1cccc1-c1nc(-c2ccc(OC(F)(F)F)cc2)no1. The summed E-state index contributed by atoms with van der Waals surface area (Å²) in [5, 5.41) is 3.91. The summed E-state index contributed by atoms with van der Waals surface area (Å²) in [4.78, 5) is 19.0. The molecule has 164 valence electrons. The Kier molecular flexibility index (Phi) is 5.71. The van der Waals surface area contributed by atoms with Gasteiger partial charge in [0.05, 0.1) is 0 Å². The summed E-state index contributed by atoms with van der Waals surface area (Å²) in [5.41, 5.74) is 1.06. The fourth-order valence-electron chi connectivity index (χ4n) is 3.70. The highest BCUT2D eigenvalue weighted by atomic mass is 19.4. The molecule has 3 heterocycles. The molecule has 1 atom stereocenters. The number of rotatable bonds is 5. The lowest BCUT2D eigenvalue weighted by molar-refractivity contribution is -0.274. The standard InChI is InChI=1S/C21H21F3N4O3/c1-14-5-2-3-12-28(14)18(29)13-27-11-4-6-17(27)20-25-19(26-31-20)15-7-9-16(10-8-15)30-21(22,23)24/h4,6-11,14H,2-3,5,12-13H2,1H3. The average molecular weight is 434 g/mol. The second kappa shape index (κ2) is 8.44. The molecule has 1 unspecified atom stereocenters. The average Bonchev–Trinajstić information content (AvgIpc) is 3.37. The normalized spacial score (nSPS) is 17.0. The number of nitrogens with zero attached hydrogens (tertiary/aromatic N) is 4. The van der Waals surface area contributed by atoms with Crippen LogP contribution < -0.4 is 4.74 Å². The Hall–Kier alpha value is -3.30. The molecule has 0 N–H and O–H groups in total. The number of likely N-dealkylation sites (tertiary alicyclic amines) is 1. The highest BCUT2D eigenvalue weighted by Crippen LogP contribution is 2.27. The van der Waals surface area contributed by atoms with Gasteiger partial charge in [0.15, 0.2) is 0 Å². The fourth-order valence-corrected chi connectivity index (χ4v) is 3.70. The minimum absolute atomic E-state index is 0.0321. The Morgan fingerprint density at radius 2 is 2.00 bits per heavy atom. The minimum Gasteiger partial charge on any atom is -0.406 e. The van der Waals surface area contributed by atoms with E-state index in [9.17, 15) is 18.0 Å². The molecule has 31 heavy (non-hydrogen) atoms. The molecule has 0 spiro atoms. The van der Waals surface area contributed by atoms with Gasteiger partial charge in [0, 0.05) is 24.3 Å². The minimum atomic E-state index is -4.75. The second-order valence-corrected chi connectivity index (χ2v) is 7.45. The Balaban J connectivity index is 1.49. The van der Waals surface area contributed by atoms with Crippen LogP contribution in [0.5, 0.6) is 5.75 Å². The van der Waals surface area contributed by atoms with Crippen LogP contribution in [0.1, 0.15) is 26.2 Å². The predicted molar refractivity (Wildman–Crippen MR) is 105 cm³/mol. The molecule has 1 saturated heterocycles. The number of benzene rings is 1. The number of piperidine rings is 1. The molecule has 1 aliphatic heterocycles. The first-order valence-corrected chi connectivity index (χ1v) is 9.95. The summed E-state index contributed by atoms with van der Waals surface area (Å²) in [6.45, 7) is 2.98. The molecule has 1 aromatic carbocycles. The van der Waals surface area contributed by atoms with Gasteiger partial charge < -0.3 is 18.7 Å². The third kappa shape index (κ3) is 4.89. The number of aromatic nitrogens is 3. The summed E-state index contributed by atoms with van der Waals surface area (Å²) in [6.07, 6.45) is 0.164. The lowest BCUT2D eigenvalue weighted by atomic mass is 10.0. The van der Waals surface area contributed by atoms with Gasteiger partial charge in [0.2, 0.25) is 11.7 Å². The monoisotopic (exact) mass is 434 g/mol. The van der Waals surface area contributed by atoms with E-state index in [1.165, 1.54) is 24.3 Å². The summed E-state index contributed by atoms with van der Waals surface area (Å²) < 4.78 is 47.9. The summed E-state index contributed by atoms with van der Waals surface area (Å²) in [5.74, 6) is 0.135. The van der Waals surface area contributed by atoms with Crippen LogP contribution in [0, 0.1) is 0 Å². The van der Waals surface area contributed by atoms with Gasteiger partial charge in [0.25, 0.3) is 5.89 Å². The molecule has 0 bridgehead atoms. The Morgan fingerprint density at radius 1 is 1.23 bits per heavy atom. The smallest absolute Gasteiger partial charge is 0.406 e. The van der Waals surface area contributed by atoms with Crippen LogP contribution in [0.2, 0.25) is 0 Å². The molecular weight excluding hydrogens is 413 g/mol.